The lowest BCUT2D eigenvalue weighted by Crippen LogP contribution is -2.16. The third-order valence-electron chi connectivity index (χ3n) is 2.33. The Hall–Kier alpha value is -1.22. The summed E-state index contributed by atoms with van der Waals surface area (Å²) in [6.45, 7) is 2.99. The summed E-state index contributed by atoms with van der Waals surface area (Å²) in [6.07, 6.45) is 0. The second-order valence-electron chi connectivity index (χ2n) is 3.23. The third kappa shape index (κ3) is 1.75. The average molecular weight is 177 g/mol. The Labute approximate surface area is 78.5 Å². The lowest BCUT2D eigenvalue weighted by molar-refractivity contribution is 0.725. The Kier molecular flexibility index (Phi) is 2.36. The van der Waals surface area contributed by atoms with E-state index in [1.807, 2.05) is 7.05 Å². The fourth-order valence-corrected chi connectivity index (χ4v) is 1.58. The maximum absolute atomic E-state index is 3.39. The molecule has 70 valence electrons. The standard InChI is InChI=1S/C10H15N3/c1-11-9-2-3-10-8(6-9)7-12-4-5-13-10/h2-3,6,11-13H,4-5,7H2,1H3. The normalized spacial score (nSPS) is 15.5. The minimum atomic E-state index is 0.956. The molecule has 0 aromatic heterocycles. The van der Waals surface area contributed by atoms with Gasteiger partial charge in [-0.15, -0.1) is 0 Å². The molecule has 3 N–H and O–H groups in total. The van der Waals surface area contributed by atoms with Crippen LogP contribution in [0.4, 0.5) is 11.4 Å². The molecule has 0 saturated heterocycles. The van der Waals surface area contributed by atoms with E-state index in [1.165, 1.54) is 16.9 Å². The number of fused-ring (bicyclic) bond motifs is 1. The Morgan fingerprint density at radius 1 is 1.31 bits per heavy atom. The quantitative estimate of drug-likeness (QED) is 0.604. The summed E-state index contributed by atoms with van der Waals surface area (Å²) in [4.78, 5) is 0. The zero-order chi connectivity index (χ0) is 9.10. The maximum atomic E-state index is 3.39. The molecule has 1 aromatic rings. The van der Waals surface area contributed by atoms with Gasteiger partial charge in [-0.3, -0.25) is 0 Å². The smallest absolute Gasteiger partial charge is 0.0387 e. The molecule has 1 aromatic carbocycles. The van der Waals surface area contributed by atoms with Crippen LogP contribution >= 0.6 is 0 Å². The van der Waals surface area contributed by atoms with Gasteiger partial charge in [0, 0.05) is 38.1 Å². The lowest BCUT2D eigenvalue weighted by atomic mass is 10.1. The van der Waals surface area contributed by atoms with Crippen molar-refractivity contribution in [1.82, 2.24) is 5.32 Å². The van der Waals surface area contributed by atoms with Gasteiger partial charge in [0.2, 0.25) is 0 Å². The molecule has 0 spiro atoms. The fourth-order valence-electron chi connectivity index (χ4n) is 1.58. The molecule has 1 aliphatic rings. The van der Waals surface area contributed by atoms with Gasteiger partial charge in [-0.05, 0) is 23.8 Å². The topological polar surface area (TPSA) is 36.1 Å². The van der Waals surface area contributed by atoms with Gasteiger partial charge in [0.25, 0.3) is 0 Å². The largest absolute Gasteiger partial charge is 0.388 e. The number of anilines is 2. The van der Waals surface area contributed by atoms with Crippen molar-refractivity contribution in [3.05, 3.63) is 23.8 Å². The molecule has 0 radical (unpaired) electrons. The molecule has 13 heavy (non-hydrogen) atoms. The van der Waals surface area contributed by atoms with E-state index in [0.717, 1.165) is 19.6 Å². The van der Waals surface area contributed by atoms with Crippen molar-refractivity contribution in [2.24, 2.45) is 0 Å². The predicted octanol–water partition coefficient (Wildman–Crippen LogP) is 1.24. The molecule has 2 rings (SSSR count). The van der Waals surface area contributed by atoms with Crippen molar-refractivity contribution >= 4 is 11.4 Å². The molecule has 0 atom stereocenters. The van der Waals surface area contributed by atoms with E-state index in [2.05, 4.69) is 34.1 Å². The van der Waals surface area contributed by atoms with Crippen LogP contribution in [0.2, 0.25) is 0 Å². The third-order valence-corrected chi connectivity index (χ3v) is 2.33. The van der Waals surface area contributed by atoms with Crippen LogP contribution in [-0.4, -0.2) is 20.1 Å². The average Bonchev–Trinajstić information content (AvgIpc) is 2.41. The molecule has 1 heterocycles. The monoisotopic (exact) mass is 177 g/mol. The SMILES string of the molecule is CNc1ccc2c(c1)CNCCN2. The van der Waals surface area contributed by atoms with E-state index in [1.54, 1.807) is 0 Å². The van der Waals surface area contributed by atoms with Crippen LogP contribution in [0.3, 0.4) is 0 Å². The highest BCUT2D eigenvalue weighted by molar-refractivity contribution is 5.59. The number of hydrogen-bond donors (Lipinski definition) is 3. The van der Waals surface area contributed by atoms with Crippen LogP contribution in [0.1, 0.15) is 5.56 Å². The van der Waals surface area contributed by atoms with Crippen LogP contribution < -0.4 is 16.0 Å². The Morgan fingerprint density at radius 3 is 3.08 bits per heavy atom. The van der Waals surface area contributed by atoms with Crippen molar-refractivity contribution in [1.29, 1.82) is 0 Å². The van der Waals surface area contributed by atoms with Gasteiger partial charge in [-0.2, -0.15) is 0 Å². The van der Waals surface area contributed by atoms with Gasteiger partial charge < -0.3 is 16.0 Å². The fraction of sp³-hybridized carbons (Fsp3) is 0.400. The maximum Gasteiger partial charge on any atom is 0.0387 e. The summed E-state index contributed by atoms with van der Waals surface area (Å²) in [7, 11) is 1.94. The Balaban J connectivity index is 2.32. The van der Waals surface area contributed by atoms with Gasteiger partial charge in [0.05, 0.1) is 0 Å². The molecule has 0 aliphatic carbocycles. The summed E-state index contributed by atoms with van der Waals surface area (Å²) in [5.41, 5.74) is 3.76. The van der Waals surface area contributed by atoms with Gasteiger partial charge in [-0.25, -0.2) is 0 Å². The summed E-state index contributed by atoms with van der Waals surface area (Å²) < 4.78 is 0. The highest BCUT2D eigenvalue weighted by Crippen LogP contribution is 2.21. The van der Waals surface area contributed by atoms with Crippen LogP contribution in [0.25, 0.3) is 0 Å². The minimum absolute atomic E-state index is 0.956. The van der Waals surface area contributed by atoms with E-state index >= 15 is 0 Å². The van der Waals surface area contributed by atoms with Crippen molar-refractivity contribution in [2.75, 3.05) is 30.8 Å². The van der Waals surface area contributed by atoms with Gasteiger partial charge in [0.1, 0.15) is 0 Å². The van der Waals surface area contributed by atoms with Gasteiger partial charge >= 0.3 is 0 Å². The van der Waals surface area contributed by atoms with Crippen LogP contribution in [0.15, 0.2) is 18.2 Å². The minimum Gasteiger partial charge on any atom is -0.388 e. The zero-order valence-corrected chi connectivity index (χ0v) is 7.85. The molecule has 0 bridgehead atoms. The van der Waals surface area contributed by atoms with Crippen molar-refractivity contribution in [3.8, 4) is 0 Å². The second-order valence-corrected chi connectivity index (χ2v) is 3.23. The summed E-state index contributed by atoms with van der Waals surface area (Å²) in [5, 5.41) is 9.89. The highest BCUT2D eigenvalue weighted by Gasteiger charge is 2.05. The second kappa shape index (κ2) is 3.66. The molecule has 0 fully saturated rings. The predicted molar refractivity (Wildman–Crippen MR) is 56.2 cm³/mol. The zero-order valence-electron chi connectivity index (χ0n) is 7.85. The molecular formula is C10H15N3. The Bertz CT molecular complexity index is 296. The number of rotatable bonds is 1. The summed E-state index contributed by atoms with van der Waals surface area (Å²) >= 11 is 0. The van der Waals surface area contributed by atoms with Crippen LogP contribution in [0.5, 0.6) is 0 Å². The molecule has 0 amide bonds. The molecule has 0 unspecified atom stereocenters. The Morgan fingerprint density at radius 2 is 2.23 bits per heavy atom. The van der Waals surface area contributed by atoms with E-state index in [9.17, 15) is 0 Å². The first-order valence-corrected chi connectivity index (χ1v) is 4.65. The van der Waals surface area contributed by atoms with Crippen molar-refractivity contribution in [2.45, 2.75) is 6.54 Å². The van der Waals surface area contributed by atoms with Crippen LogP contribution in [-0.2, 0) is 6.54 Å². The van der Waals surface area contributed by atoms with Crippen molar-refractivity contribution in [3.63, 3.8) is 0 Å². The van der Waals surface area contributed by atoms with E-state index in [0.29, 0.717) is 0 Å². The first-order valence-electron chi connectivity index (χ1n) is 4.65. The van der Waals surface area contributed by atoms with E-state index in [4.69, 9.17) is 0 Å². The number of hydrogen-bond acceptors (Lipinski definition) is 3. The molecule has 1 aliphatic heterocycles. The summed E-state index contributed by atoms with van der Waals surface area (Å²) in [5.74, 6) is 0. The summed E-state index contributed by atoms with van der Waals surface area (Å²) in [6, 6.07) is 6.41. The molecule has 3 heteroatoms. The lowest BCUT2D eigenvalue weighted by Gasteiger charge is -2.08. The van der Waals surface area contributed by atoms with Crippen LogP contribution in [0, 0.1) is 0 Å². The van der Waals surface area contributed by atoms with E-state index < -0.39 is 0 Å². The first kappa shape index (κ1) is 8.38. The molecule has 3 nitrogen and oxygen atoms in total. The van der Waals surface area contributed by atoms with Gasteiger partial charge in [0.15, 0.2) is 0 Å². The highest BCUT2D eigenvalue weighted by atomic mass is 15.0. The van der Waals surface area contributed by atoms with E-state index in [-0.39, 0.29) is 0 Å². The number of benzene rings is 1. The van der Waals surface area contributed by atoms with Crippen molar-refractivity contribution < 1.29 is 0 Å². The molecular weight excluding hydrogens is 162 g/mol. The molecule has 0 saturated carbocycles. The van der Waals surface area contributed by atoms with Gasteiger partial charge in [-0.1, -0.05) is 0 Å². The number of nitrogens with one attached hydrogen (secondary N) is 3. The first-order chi connectivity index (χ1) is 6.40.